The molecule has 202 valence electrons. The van der Waals surface area contributed by atoms with Crippen molar-refractivity contribution in [3.8, 4) is 11.5 Å². The minimum atomic E-state index is 0.489. The van der Waals surface area contributed by atoms with Gasteiger partial charge in [-0.3, -0.25) is 4.98 Å². The minimum absolute atomic E-state index is 0.489. The summed E-state index contributed by atoms with van der Waals surface area (Å²) in [5.74, 6) is 3.07. The van der Waals surface area contributed by atoms with Crippen molar-refractivity contribution in [2.45, 2.75) is 89.4 Å². The second kappa shape index (κ2) is 15.2. The normalized spacial score (nSPS) is 10.7. The maximum Gasteiger partial charge on any atom is 0.206 e. The Morgan fingerprint density at radius 1 is 0.868 bits per heavy atom. The van der Waals surface area contributed by atoms with Gasteiger partial charge in [-0.05, 0) is 51.0 Å². The summed E-state index contributed by atoms with van der Waals surface area (Å²) in [6.45, 7) is 12.7. The van der Waals surface area contributed by atoms with E-state index < -0.39 is 0 Å². The molecule has 3 aromatic heterocycles. The number of H-pyrrole nitrogens is 1. The van der Waals surface area contributed by atoms with Crippen molar-refractivity contribution >= 4 is 23.5 Å². The molecule has 0 spiro atoms. The molecule has 0 aliphatic rings. The highest BCUT2D eigenvalue weighted by molar-refractivity contribution is 7.99. The summed E-state index contributed by atoms with van der Waals surface area (Å²) in [6, 6.07) is 14.2. The van der Waals surface area contributed by atoms with Gasteiger partial charge < -0.3 is 15.0 Å². The highest BCUT2D eigenvalue weighted by Crippen LogP contribution is 2.37. The number of hydrogen-bond acceptors (Lipinski definition) is 6. The third kappa shape index (κ3) is 8.62. The number of pyridine rings is 2. The second-order valence-electron chi connectivity index (χ2n) is 9.42. The van der Waals surface area contributed by atoms with Crippen LogP contribution < -0.4 is 10.1 Å². The van der Waals surface area contributed by atoms with E-state index in [4.69, 9.17) is 9.72 Å². The van der Waals surface area contributed by atoms with Crippen molar-refractivity contribution in [3.05, 3.63) is 78.0 Å². The highest BCUT2D eigenvalue weighted by atomic mass is 32.2. The van der Waals surface area contributed by atoms with Crippen molar-refractivity contribution in [1.82, 2.24) is 19.9 Å². The first-order valence-corrected chi connectivity index (χ1v) is 14.4. The van der Waals surface area contributed by atoms with Crippen LogP contribution in [0.2, 0.25) is 0 Å². The lowest BCUT2D eigenvalue weighted by Crippen LogP contribution is -2.01. The van der Waals surface area contributed by atoms with Crippen LogP contribution in [0.1, 0.15) is 82.7 Å². The van der Waals surface area contributed by atoms with E-state index in [0.717, 1.165) is 46.9 Å². The molecule has 38 heavy (non-hydrogen) atoms. The van der Waals surface area contributed by atoms with Crippen LogP contribution in [-0.2, 0) is 0 Å². The number of nitrogens with one attached hydrogen (secondary N) is 2. The number of rotatable bonds is 11. The fourth-order valence-electron chi connectivity index (χ4n) is 4.04. The fourth-order valence-corrected chi connectivity index (χ4v) is 4.97. The molecule has 0 saturated heterocycles. The quantitative estimate of drug-likeness (QED) is 0.201. The standard InChI is InChI=1S/C28H33N5OS.C3H8/c1-5-9-21(10-6-2)24-18-31-28(32-24)33-27-26(34-25-13-8-14-29-20(25)4)16-23(17-30-27)35-22-12-7-11-19(3)15-22;1-3-2/h7-8,11-18,21H,5-6,9-10H2,1-4H3,(H2,30,31,32,33);3H2,1-2H3. The zero-order chi connectivity index (χ0) is 27.3. The molecule has 0 aliphatic carbocycles. The van der Waals surface area contributed by atoms with Crippen molar-refractivity contribution in [1.29, 1.82) is 0 Å². The topological polar surface area (TPSA) is 75.7 Å². The molecule has 0 atom stereocenters. The molecule has 0 saturated carbocycles. The van der Waals surface area contributed by atoms with Crippen LogP contribution in [0.3, 0.4) is 0 Å². The molecule has 7 heteroatoms. The van der Waals surface area contributed by atoms with Gasteiger partial charge in [-0.1, -0.05) is 76.4 Å². The number of nitrogens with zero attached hydrogens (tertiary/aromatic N) is 3. The van der Waals surface area contributed by atoms with E-state index in [2.05, 4.69) is 79.2 Å². The monoisotopic (exact) mass is 531 g/mol. The lowest BCUT2D eigenvalue weighted by molar-refractivity contribution is 0.474. The van der Waals surface area contributed by atoms with Crippen molar-refractivity contribution in [2.24, 2.45) is 0 Å². The molecule has 0 fully saturated rings. The van der Waals surface area contributed by atoms with Crippen LogP contribution in [0.5, 0.6) is 11.5 Å². The number of aromatic amines is 1. The number of aryl methyl sites for hydroxylation is 2. The summed E-state index contributed by atoms with van der Waals surface area (Å²) in [5, 5.41) is 3.34. The maximum atomic E-state index is 6.30. The third-order valence-corrected chi connectivity index (χ3v) is 6.73. The van der Waals surface area contributed by atoms with E-state index >= 15 is 0 Å². The molecule has 3 heterocycles. The van der Waals surface area contributed by atoms with Crippen LogP contribution in [0.25, 0.3) is 0 Å². The van der Waals surface area contributed by atoms with Crippen molar-refractivity contribution < 1.29 is 4.74 Å². The summed E-state index contributed by atoms with van der Waals surface area (Å²) < 4.78 is 6.30. The Bertz CT molecular complexity index is 1270. The largest absolute Gasteiger partial charge is 0.452 e. The van der Waals surface area contributed by atoms with Gasteiger partial charge in [-0.2, -0.15) is 0 Å². The maximum absolute atomic E-state index is 6.30. The van der Waals surface area contributed by atoms with Gasteiger partial charge in [0, 0.05) is 39.9 Å². The Hall–Kier alpha value is -3.32. The molecule has 0 bridgehead atoms. The second-order valence-corrected chi connectivity index (χ2v) is 10.6. The van der Waals surface area contributed by atoms with Gasteiger partial charge in [0.05, 0.1) is 11.9 Å². The van der Waals surface area contributed by atoms with Gasteiger partial charge in [-0.15, -0.1) is 0 Å². The van der Waals surface area contributed by atoms with E-state index in [1.54, 1.807) is 18.0 Å². The molecule has 4 aromatic rings. The first kappa shape index (κ1) is 29.2. The molecule has 2 N–H and O–H groups in total. The number of aromatic nitrogens is 4. The number of benzene rings is 1. The van der Waals surface area contributed by atoms with Crippen LogP contribution in [0, 0.1) is 13.8 Å². The summed E-state index contributed by atoms with van der Waals surface area (Å²) in [7, 11) is 0. The summed E-state index contributed by atoms with van der Waals surface area (Å²) in [5.41, 5.74) is 3.20. The minimum Gasteiger partial charge on any atom is -0.452 e. The van der Waals surface area contributed by atoms with E-state index in [1.165, 1.54) is 12.0 Å². The molecule has 6 nitrogen and oxygen atoms in total. The molecule has 0 radical (unpaired) electrons. The van der Waals surface area contributed by atoms with E-state index in [9.17, 15) is 0 Å². The lowest BCUT2D eigenvalue weighted by atomic mass is 9.95. The predicted molar refractivity (Wildman–Crippen MR) is 159 cm³/mol. The molecule has 4 rings (SSSR count). The SMILES string of the molecule is CCC.CCCC(CCC)c1cnc(Nc2ncc(Sc3cccc(C)c3)cc2Oc2cccnc2C)[nH]1. The van der Waals surface area contributed by atoms with Crippen LogP contribution in [0.15, 0.2) is 70.8 Å². The van der Waals surface area contributed by atoms with E-state index in [-0.39, 0.29) is 0 Å². The molecule has 0 unspecified atom stereocenters. The number of ether oxygens (including phenoxy) is 1. The van der Waals surface area contributed by atoms with Crippen LogP contribution >= 0.6 is 11.8 Å². The average molecular weight is 532 g/mol. The number of imidazole rings is 1. The van der Waals surface area contributed by atoms with Gasteiger partial charge in [0.1, 0.15) is 5.75 Å². The van der Waals surface area contributed by atoms with Crippen molar-refractivity contribution in [3.63, 3.8) is 0 Å². The van der Waals surface area contributed by atoms with Crippen molar-refractivity contribution in [2.75, 3.05) is 5.32 Å². The van der Waals surface area contributed by atoms with E-state index in [1.807, 2.05) is 37.5 Å². The Kier molecular flexibility index (Phi) is 11.7. The Morgan fingerprint density at radius 2 is 1.63 bits per heavy atom. The zero-order valence-electron chi connectivity index (χ0n) is 23.5. The molecule has 0 amide bonds. The Balaban J connectivity index is 0.00000127. The number of anilines is 2. The van der Waals surface area contributed by atoms with Gasteiger partial charge in [0.25, 0.3) is 0 Å². The predicted octanol–water partition coefficient (Wildman–Crippen LogP) is 9.60. The molecule has 1 aromatic carbocycles. The van der Waals surface area contributed by atoms with Crippen LogP contribution in [0.4, 0.5) is 11.8 Å². The Morgan fingerprint density at radius 3 is 2.32 bits per heavy atom. The van der Waals surface area contributed by atoms with E-state index in [0.29, 0.717) is 29.2 Å². The zero-order valence-corrected chi connectivity index (χ0v) is 24.4. The summed E-state index contributed by atoms with van der Waals surface area (Å²) in [4.78, 5) is 19.3. The van der Waals surface area contributed by atoms with Gasteiger partial charge in [0.15, 0.2) is 11.6 Å². The third-order valence-electron chi connectivity index (χ3n) is 5.78. The Labute approximate surface area is 232 Å². The van der Waals surface area contributed by atoms with Gasteiger partial charge in [-0.25, -0.2) is 9.97 Å². The average Bonchev–Trinajstić information content (AvgIpc) is 3.36. The van der Waals surface area contributed by atoms with Gasteiger partial charge in [0.2, 0.25) is 5.95 Å². The van der Waals surface area contributed by atoms with Crippen LogP contribution in [-0.4, -0.2) is 19.9 Å². The molecular weight excluding hydrogens is 490 g/mol. The smallest absolute Gasteiger partial charge is 0.206 e. The first-order valence-electron chi connectivity index (χ1n) is 13.6. The number of hydrogen-bond donors (Lipinski definition) is 2. The summed E-state index contributed by atoms with van der Waals surface area (Å²) in [6.07, 6.45) is 11.4. The highest BCUT2D eigenvalue weighted by Gasteiger charge is 2.16. The molecular formula is C31H41N5OS. The summed E-state index contributed by atoms with van der Waals surface area (Å²) >= 11 is 1.66. The molecule has 0 aliphatic heterocycles. The first-order chi connectivity index (χ1) is 18.5. The lowest BCUT2D eigenvalue weighted by Gasteiger charge is -2.14. The van der Waals surface area contributed by atoms with Gasteiger partial charge >= 0.3 is 0 Å². The fraction of sp³-hybridized carbons (Fsp3) is 0.387.